The number of nitrogens with zero attached hydrogens (tertiary/aromatic N) is 1. The van der Waals surface area contributed by atoms with E-state index in [4.69, 9.17) is 11.6 Å². The van der Waals surface area contributed by atoms with Crippen molar-refractivity contribution in [2.75, 3.05) is 5.32 Å². The zero-order chi connectivity index (χ0) is 17.3. The number of aromatic nitrogens is 1. The van der Waals surface area contributed by atoms with Gasteiger partial charge in [0.1, 0.15) is 5.15 Å². The molecule has 4 nitrogen and oxygen atoms in total. The van der Waals surface area contributed by atoms with Gasteiger partial charge in [-0.05, 0) is 19.1 Å². The molecule has 0 radical (unpaired) electrons. The molecule has 0 aliphatic heterocycles. The van der Waals surface area contributed by atoms with Gasteiger partial charge in [-0.15, -0.1) is 13.2 Å². The molecule has 0 spiro atoms. The fourth-order valence-electron chi connectivity index (χ4n) is 1.25. The molecule has 124 valence electrons. The second-order valence-corrected chi connectivity index (χ2v) is 4.30. The Morgan fingerprint density at radius 1 is 1.18 bits per heavy atom. The number of hydrogen-bond acceptors (Lipinski definition) is 3. The monoisotopic (exact) mass is 354 g/mol. The van der Waals surface area contributed by atoms with Crippen molar-refractivity contribution in [3.8, 4) is 0 Å². The molecular formula is C10H6ClF7N2O2. The lowest BCUT2D eigenvalue weighted by Gasteiger charge is -2.25. The van der Waals surface area contributed by atoms with Crippen LogP contribution in [0, 0.1) is 6.92 Å². The van der Waals surface area contributed by atoms with Crippen molar-refractivity contribution in [2.24, 2.45) is 0 Å². The third-order valence-electron chi connectivity index (χ3n) is 2.07. The molecule has 0 aromatic carbocycles. The van der Waals surface area contributed by atoms with Gasteiger partial charge in [0, 0.05) is 11.4 Å². The summed E-state index contributed by atoms with van der Waals surface area (Å²) in [6, 6.07) is 1.83. The van der Waals surface area contributed by atoms with Gasteiger partial charge in [-0.2, -0.15) is 17.6 Å². The summed E-state index contributed by atoms with van der Waals surface area (Å²) in [4.78, 5) is 14.7. The summed E-state index contributed by atoms with van der Waals surface area (Å²) in [6.45, 7) is 1.35. The number of ether oxygens (including phenoxy) is 1. The first-order chi connectivity index (χ1) is 9.74. The third-order valence-corrected chi connectivity index (χ3v) is 2.27. The van der Waals surface area contributed by atoms with Crippen molar-refractivity contribution in [3.63, 3.8) is 0 Å². The van der Waals surface area contributed by atoms with Crippen LogP contribution in [0.5, 0.6) is 0 Å². The first-order valence-electron chi connectivity index (χ1n) is 5.23. The number of halogens is 8. The average Bonchev–Trinajstić information content (AvgIpc) is 2.23. The number of rotatable bonds is 4. The average molecular weight is 355 g/mol. The Morgan fingerprint density at radius 3 is 2.18 bits per heavy atom. The van der Waals surface area contributed by atoms with Crippen LogP contribution >= 0.6 is 11.6 Å². The summed E-state index contributed by atoms with van der Waals surface area (Å²) in [5.41, 5.74) is -0.311. The Bertz CT molecular complexity index is 557. The number of pyridine rings is 1. The van der Waals surface area contributed by atoms with Crippen molar-refractivity contribution in [3.05, 3.63) is 23.0 Å². The van der Waals surface area contributed by atoms with Crippen LogP contribution in [-0.4, -0.2) is 29.3 Å². The fraction of sp³-hybridized carbons (Fsp3) is 0.400. The van der Waals surface area contributed by atoms with Crippen LogP contribution in [-0.2, 0) is 9.53 Å². The number of alkyl halides is 7. The molecule has 1 N–H and O–H groups in total. The number of amides is 1. The standard InChI is InChI=1S/C10H6ClF7N2O2/c1-4-2-5(3-6(11)19-4)20-7(21)8(12,13)9(14,15)22-10(16,17)18/h2-3H,1H3,(H,19,20,21). The number of anilines is 1. The van der Waals surface area contributed by atoms with E-state index in [1.54, 1.807) is 0 Å². The molecule has 0 bridgehead atoms. The maximum absolute atomic E-state index is 13.2. The van der Waals surface area contributed by atoms with E-state index in [-0.39, 0.29) is 10.8 Å². The van der Waals surface area contributed by atoms with E-state index >= 15 is 0 Å². The maximum Gasteiger partial charge on any atom is 0.527 e. The zero-order valence-corrected chi connectivity index (χ0v) is 11.2. The lowest BCUT2D eigenvalue weighted by atomic mass is 10.2. The Labute approximate surface area is 123 Å². The molecule has 0 saturated carbocycles. The molecule has 0 aliphatic carbocycles. The summed E-state index contributed by atoms with van der Waals surface area (Å²) in [7, 11) is 0. The lowest BCUT2D eigenvalue weighted by Crippen LogP contribution is -2.53. The second kappa shape index (κ2) is 5.88. The second-order valence-electron chi connectivity index (χ2n) is 3.91. The van der Waals surface area contributed by atoms with Gasteiger partial charge >= 0.3 is 24.3 Å². The van der Waals surface area contributed by atoms with E-state index in [1.807, 2.05) is 4.74 Å². The van der Waals surface area contributed by atoms with Gasteiger partial charge in [0.15, 0.2) is 0 Å². The van der Waals surface area contributed by atoms with Gasteiger partial charge in [-0.3, -0.25) is 4.79 Å². The minimum Gasteiger partial charge on any atom is -0.320 e. The highest BCUT2D eigenvalue weighted by atomic mass is 35.5. The van der Waals surface area contributed by atoms with Crippen LogP contribution in [0.2, 0.25) is 5.15 Å². The predicted molar refractivity (Wildman–Crippen MR) is 59.6 cm³/mol. The first-order valence-corrected chi connectivity index (χ1v) is 5.60. The van der Waals surface area contributed by atoms with Crippen LogP contribution in [0.4, 0.5) is 36.4 Å². The van der Waals surface area contributed by atoms with Crippen LogP contribution in [0.15, 0.2) is 12.1 Å². The molecule has 0 unspecified atom stereocenters. The van der Waals surface area contributed by atoms with Crippen LogP contribution in [0.3, 0.4) is 0 Å². The van der Waals surface area contributed by atoms with Gasteiger partial charge in [0.25, 0.3) is 0 Å². The summed E-state index contributed by atoms with van der Waals surface area (Å²) < 4.78 is 89.1. The summed E-state index contributed by atoms with van der Waals surface area (Å²) in [6.07, 6.45) is -12.2. The summed E-state index contributed by atoms with van der Waals surface area (Å²) in [5.74, 6) is -8.49. The smallest absolute Gasteiger partial charge is 0.320 e. The topological polar surface area (TPSA) is 51.2 Å². The molecular weight excluding hydrogens is 349 g/mol. The van der Waals surface area contributed by atoms with Gasteiger partial charge in [-0.25, -0.2) is 9.72 Å². The maximum atomic E-state index is 13.2. The van der Waals surface area contributed by atoms with Gasteiger partial charge in [0.05, 0.1) is 0 Å². The molecule has 1 amide bonds. The van der Waals surface area contributed by atoms with E-state index in [1.165, 1.54) is 12.2 Å². The fourth-order valence-corrected chi connectivity index (χ4v) is 1.50. The van der Waals surface area contributed by atoms with E-state index in [0.29, 0.717) is 0 Å². The molecule has 22 heavy (non-hydrogen) atoms. The highest BCUT2D eigenvalue weighted by Crippen LogP contribution is 2.40. The van der Waals surface area contributed by atoms with Crippen molar-refractivity contribution >= 4 is 23.2 Å². The number of nitrogens with one attached hydrogen (secondary N) is 1. The Morgan fingerprint density at radius 2 is 1.73 bits per heavy atom. The van der Waals surface area contributed by atoms with Crippen molar-refractivity contribution in [1.29, 1.82) is 0 Å². The number of carbonyl (C=O) groups is 1. The summed E-state index contributed by atoms with van der Waals surface area (Å²) >= 11 is 5.45. The Hall–Kier alpha value is -1.62. The molecule has 1 aromatic rings. The van der Waals surface area contributed by atoms with Crippen LogP contribution in [0.25, 0.3) is 0 Å². The predicted octanol–water partition coefficient (Wildman–Crippen LogP) is 3.75. The molecule has 0 fully saturated rings. The molecule has 1 rings (SSSR count). The van der Waals surface area contributed by atoms with Crippen molar-refractivity contribution in [1.82, 2.24) is 4.98 Å². The van der Waals surface area contributed by atoms with Crippen molar-refractivity contribution < 1.29 is 40.3 Å². The summed E-state index contributed by atoms with van der Waals surface area (Å²) in [5, 5.41) is 1.06. The highest BCUT2D eigenvalue weighted by Gasteiger charge is 2.67. The van der Waals surface area contributed by atoms with Crippen molar-refractivity contribution in [2.45, 2.75) is 25.3 Å². The molecule has 12 heteroatoms. The largest absolute Gasteiger partial charge is 0.527 e. The molecule has 1 aromatic heterocycles. The first kappa shape index (κ1) is 18.4. The molecule has 1 heterocycles. The van der Waals surface area contributed by atoms with E-state index in [0.717, 1.165) is 12.1 Å². The minimum absolute atomic E-state index is 0.143. The number of hydrogen-bond donors (Lipinski definition) is 1. The van der Waals surface area contributed by atoms with E-state index < -0.39 is 30.0 Å². The van der Waals surface area contributed by atoms with Gasteiger partial charge in [-0.1, -0.05) is 11.6 Å². The molecule has 0 atom stereocenters. The quantitative estimate of drug-likeness (QED) is 0.662. The van der Waals surface area contributed by atoms with E-state index in [2.05, 4.69) is 4.98 Å². The minimum atomic E-state index is -6.10. The Kier molecular flexibility index (Phi) is 4.92. The van der Waals surface area contributed by atoms with E-state index in [9.17, 15) is 35.5 Å². The van der Waals surface area contributed by atoms with Gasteiger partial charge in [0.2, 0.25) is 0 Å². The molecule has 0 saturated heterocycles. The third kappa shape index (κ3) is 4.44. The van der Waals surface area contributed by atoms with Crippen LogP contribution in [0.1, 0.15) is 5.69 Å². The highest BCUT2D eigenvalue weighted by molar-refractivity contribution is 6.29. The SMILES string of the molecule is Cc1cc(NC(=O)C(F)(F)C(F)(F)OC(F)(F)F)cc(Cl)n1. The Balaban J connectivity index is 2.99. The number of carbonyl (C=O) groups excluding carboxylic acids is 1. The molecule has 0 aliphatic rings. The zero-order valence-electron chi connectivity index (χ0n) is 10.4. The normalized spacial score (nSPS) is 13.1. The number of aryl methyl sites for hydroxylation is 1. The van der Waals surface area contributed by atoms with Gasteiger partial charge < -0.3 is 5.32 Å². The lowest BCUT2D eigenvalue weighted by molar-refractivity contribution is -0.457. The van der Waals surface area contributed by atoms with Crippen LogP contribution < -0.4 is 5.32 Å².